The average Bonchev–Trinajstić information content (AvgIpc) is 3.10. The molecule has 0 unspecified atom stereocenters. The van der Waals surface area contributed by atoms with Crippen LogP contribution in [-0.4, -0.2) is 42.4 Å². The summed E-state index contributed by atoms with van der Waals surface area (Å²) in [5.74, 6) is 0.452. The molecule has 1 fully saturated rings. The predicted molar refractivity (Wildman–Crippen MR) is 74.9 cm³/mol. The second-order valence-corrected chi connectivity index (χ2v) is 6.22. The number of carbonyl (C=O) groups is 2. The molecule has 1 N–H and O–H groups in total. The lowest BCUT2D eigenvalue weighted by atomic mass is 10.2. The van der Waals surface area contributed by atoms with Crippen molar-refractivity contribution in [2.75, 3.05) is 13.7 Å². The van der Waals surface area contributed by atoms with E-state index in [0.29, 0.717) is 6.54 Å². The summed E-state index contributed by atoms with van der Waals surface area (Å²) in [6.07, 6.45) is 2.81. The van der Waals surface area contributed by atoms with Crippen LogP contribution in [-0.2, 0) is 14.4 Å². The van der Waals surface area contributed by atoms with Crippen molar-refractivity contribution < 1.29 is 19.2 Å². The fourth-order valence-corrected chi connectivity index (χ4v) is 1.76. The SMILES string of the molecule is CON(CCC1CC1)C(=O)[C@H](C)NC(=O)OC(C)(C)C. The van der Waals surface area contributed by atoms with Crippen LogP contribution in [0.5, 0.6) is 0 Å². The zero-order chi connectivity index (χ0) is 15.3. The van der Waals surface area contributed by atoms with Crippen molar-refractivity contribution >= 4 is 12.0 Å². The molecule has 20 heavy (non-hydrogen) atoms. The Bertz CT molecular complexity index is 348. The van der Waals surface area contributed by atoms with Gasteiger partial charge < -0.3 is 10.1 Å². The van der Waals surface area contributed by atoms with Gasteiger partial charge in [0.2, 0.25) is 0 Å². The van der Waals surface area contributed by atoms with Crippen LogP contribution in [0.1, 0.15) is 47.0 Å². The first-order valence-electron chi connectivity index (χ1n) is 7.08. The quantitative estimate of drug-likeness (QED) is 0.759. The van der Waals surface area contributed by atoms with Crippen molar-refractivity contribution in [2.24, 2.45) is 5.92 Å². The molecule has 0 saturated heterocycles. The molecule has 0 spiro atoms. The number of rotatable bonds is 6. The Kier molecular flexibility index (Phi) is 5.80. The van der Waals surface area contributed by atoms with Crippen molar-refractivity contribution in [1.29, 1.82) is 0 Å². The van der Waals surface area contributed by atoms with Gasteiger partial charge in [-0.3, -0.25) is 9.63 Å². The molecule has 0 bridgehead atoms. The van der Waals surface area contributed by atoms with E-state index in [0.717, 1.165) is 12.3 Å². The zero-order valence-electron chi connectivity index (χ0n) is 13.1. The van der Waals surface area contributed by atoms with E-state index in [9.17, 15) is 9.59 Å². The minimum atomic E-state index is -0.677. The number of hydrogen-bond donors (Lipinski definition) is 1. The molecule has 0 aromatic heterocycles. The lowest BCUT2D eigenvalue weighted by molar-refractivity contribution is -0.178. The van der Waals surface area contributed by atoms with Gasteiger partial charge in [-0.05, 0) is 40.0 Å². The van der Waals surface area contributed by atoms with Crippen molar-refractivity contribution in [2.45, 2.75) is 58.6 Å². The molecule has 1 saturated carbocycles. The van der Waals surface area contributed by atoms with Crippen molar-refractivity contribution in [3.05, 3.63) is 0 Å². The molecule has 1 rings (SSSR count). The van der Waals surface area contributed by atoms with Crippen LogP contribution in [0.25, 0.3) is 0 Å². The summed E-state index contributed by atoms with van der Waals surface area (Å²) in [5, 5.41) is 3.83. The standard InChI is InChI=1S/C14H26N2O4/c1-10(15-13(18)20-14(2,3)4)12(17)16(19-5)9-8-11-6-7-11/h10-11H,6-9H2,1-5H3,(H,15,18)/t10-/m0/s1. The Balaban J connectivity index is 2.40. The Morgan fingerprint density at radius 3 is 2.40 bits per heavy atom. The maximum absolute atomic E-state index is 12.1. The Morgan fingerprint density at radius 2 is 1.95 bits per heavy atom. The second kappa shape index (κ2) is 6.92. The molecule has 6 heteroatoms. The number of alkyl carbamates (subject to hydrolysis) is 1. The molecule has 0 aromatic rings. The lowest BCUT2D eigenvalue weighted by Crippen LogP contribution is -2.48. The number of nitrogens with one attached hydrogen (secondary N) is 1. The molecule has 1 aliphatic carbocycles. The van der Waals surface area contributed by atoms with Crippen LogP contribution < -0.4 is 5.32 Å². The zero-order valence-corrected chi connectivity index (χ0v) is 13.1. The molecule has 0 radical (unpaired) electrons. The first kappa shape index (κ1) is 16.8. The van der Waals surface area contributed by atoms with Crippen molar-refractivity contribution in [1.82, 2.24) is 10.4 Å². The number of amides is 2. The smallest absolute Gasteiger partial charge is 0.408 e. The lowest BCUT2D eigenvalue weighted by Gasteiger charge is -2.25. The fraction of sp³-hybridized carbons (Fsp3) is 0.857. The molecule has 2 amide bonds. The average molecular weight is 286 g/mol. The van der Waals surface area contributed by atoms with Crippen LogP contribution in [0.15, 0.2) is 0 Å². The maximum Gasteiger partial charge on any atom is 0.408 e. The number of carbonyl (C=O) groups excluding carboxylic acids is 2. The van der Waals surface area contributed by atoms with Gasteiger partial charge in [0.25, 0.3) is 5.91 Å². The number of ether oxygens (including phenoxy) is 1. The summed E-state index contributed by atoms with van der Waals surface area (Å²) < 4.78 is 5.12. The highest BCUT2D eigenvalue weighted by Gasteiger charge is 2.27. The highest BCUT2D eigenvalue weighted by molar-refractivity contribution is 5.84. The third kappa shape index (κ3) is 6.23. The van der Waals surface area contributed by atoms with Gasteiger partial charge in [-0.1, -0.05) is 12.8 Å². The van der Waals surface area contributed by atoms with Crippen molar-refractivity contribution in [3.8, 4) is 0 Å². The molecular formula is C14H26N2O4. The number of hydroxylamine groups is 2. The van der Waals surface area contributed by atoms with E-state index in [1.165, 1.54) is 25.0 Å². The van der Waals surface area contributed by atoms with Crippen LogP contribution in [0.2, 0.25) is 0 Å². The van der Waals surface area contributed by atoms with Crippen molar-refractivity contribution in [3.63, 3.8) is 0 Å². The molecule has 1 aliphatic rings. The van der Waals surface area contributed by atoms with E-state index < -0.39 is 17.7 Å². The van der Waals surface area contributed by atoms with E-state index in [1.807, 2.05) is 0 Å². The molecular weight excluding hydrogens is 260 g/mol. The van der Waals surface area contributed by atoms with Gasteiger partial charge in [-0.2, -0.15) is 0 Å². The van der Waals surface area contributed by atoms with E-state index in [1.54, 1.807) is 27.7 Å². The summed E-state index contributed by atoms with van der Waals surface area (Å²) >= 11 is 0. The Morgan fingerprint density at radius 1 is 1.35 bits per heavy atom. The fourth-order valence-electron chi connectivity index (χ4n) is 1.76. The van der Waals surface area contributed by atoms with Gasteiger partial charge in [0.05, 0.1) is 7.11 Å². The van der Waals surface area contributed by atoms with Crippen LogP contribution in [0.3, 0.4) is 0 Å². The molecule has 1 atom stereocenters. The first-order valence-corrected chi connectivity index (χ1v) is 7.08. The molecule has 0 aliphatic heterocycles. The van der Waals surface area contributed by atoms with E-state index in [2.05, 4.69) is 5.32 Å². The monoisotopic (exact) mass is 286 g/mol. The number of nitrogens with zero attached hydrogens (tertiary/aromatic N) is 1. The minimum Gasteiger partial charge on any atom is -0.444 e. The Hall–Kier alpha value is -1.30. The van der Waals surface area contributed by atoms with E-state index in [4.69, 9.17) is 9.57 Å². The predicted octanol–water partition coefficient (Wildman–Crippen LogP) is 2.09. The normalized spacial score (nSPS) is 16.4. The van der Waals surface area contributed by atoms with Gasteiger partial charge in [-0.15, -0.1) is 0 Å². The van der Waals surface area contributed by atoms with Crippen LogP contribution in [0.4, 0.5) is 4.79 Å². The summed E-state index contributed by atoms with van der Waals surface area (Å²) in [6, 6.07) is -0.677. The summed E-state index contributed by atoms with van der Waals surface area (Å²) in [4.78, 5) is 28.8. The van der Waals surface area contributed by atoms with E-state index >= 15 is 0 Å². The number of hydrogen-bond acceptors (Lipinski definition) is 4. The van der Waals surface area contributed by atoms with Gasteiger partial charge in [-0.25, -0.2) is 9.86 Å². The highest BCUT2D eigenvalue weighted by atomic mass is 16.7. The van der Waals surface area contributed by atoms with Gasteiger partial charge >= 0.3 is 6.09 Å². The largest absolute Gasteiger partial charge is 0.444 e. The third-order valence-corrected chi connectivity index (χ3v) is 3.01. The van der Waals surface area contributed by atoms with Gasteiger partial charge in [0.1, 0.15) is 11.6 Å². The van der Waals surface area contributed by atoms with Gasteiger partial charge in [0, 0.05) is 6.54 Å². The maximum atomic E-state index is 12.1. The van der Waals surface area contributed by atoms with Crippen LogP contribution in [0, 0.1) is 5.92 Å². The minimum absolute atomic E-state index is 0.265. The molecule has 116 valence electrons. The highest BCUT2D eigenvalue weighted by Crippen LogP contribution is 2.32. The molecule has 6 nitrogen and oxygen atoms in total. The summed E-state index contributed by atoms with van der Waals surface area (Å²) in [7, 11) is 1.46. The third-order valence-electron chi connectivity index (χ3n) is 3.01. The van der Waals surface area contributed by atoms with Crippen LogP contribution >= 0.6 is 0 Å². The molecule has 0 heterocycles. The topological polar surface area (TPSA) is 67.9 Å². The van der Waals surface area contributed by atoms with E-state index in [-0.39, 0.29) is 5.91 Å². The molecule has 0 aromatic carbocycles. The summed E-state index contributed by atoms with van der Waals surface area (Å²) in [6.45, 7) is 7.50. The van der Waals surface area contributed by atoms with Gasteiger partial charge in [0.15, 0.2) is 0 Å². The Labute approximate surface area is 120 Å². The summed E-state index contributed by atoms with van der Waals surface area (Å²) in [5.41, 5.74) is -0.584. The first-order chi connectivity index (χ1) is 9.23. The second-order valence-electron chi connectivity index (χ2n) is 6.22.